The summed E-state index contributed by atoms with van der Waals surface area (Å²) in [6, 6.07) is 5.98. The maximum absolute atomic E-state index is 10.9. The van der Waals surface area contributed by atoms with Crippen LogP contribution in [0.25, 0.3) is 0 Å². The van der Waals surface area contributed by atoms with Gasteiger partial charge < -0.3 is 4.84 Å². The van der Waals surface area contributed by atoms with Crippen LogP contribution in [0.2, 0.25) is 0 Å². The van der Waals surface area contributed by atoms with E-state index in [0.29, 0.717) is 6.61 Å². The molecular formula is C7H6NO2. The quantitative estimate of drug-likeness (QED) is 0.487. The molecule has 0 N–H and O–H groups in total. The van der Waals surface area contributed by atoms with Gasteiger partial charge in [0, 0.05) is 6.42 Å². The van der Waals surface area contributed by atoms with Gasteiger partial charge in [-0.1, -0.05) is 0 Å². The summed E-state index contributed by atoms with van der Waals surface area (Å²) in [5, 5.41) is 0. The minimum atomic E-state index is -0.199. The molecule has 0 aromatic carbocycles. The summed E-state index contributed by atoms with van der Waals surface area (Å²) in [4.78, 5) is 15.9. The van der Waals surface area contributed by atoms with Crippen LogP contribution in [-0.4, -0.2) is 11.3 Å². The average Bonchev–Trinajstić information content (AvgIpc) is 2.36. The van der Waals surface area contributed by atoms with E-state index in [1.54, 1.807) is 6.07 Å². The Morgan fingerprint density at radius 2 is 2.60 bits per heavy atom. The zero-order valence-electron chi connectivity index (χ0n) is 5.33. The molecule has 2 heterocycles. The molecule has 0 fully saturated rings. The second-order valence-electron chi connectivity index (χ2n) is 2.15. The smallest absolute Gasteiger partial charge is 0.291 e. The van der Waals surface area contributed by atoms with Crippen molar-refractivity contribution >= 4 is 0 Å². The van der Waals surface area contributed by atoms with Crippen LogP contribution in [0.1, 0.15) is 5.69 Å². The number of nitrogens with zero attached hydrogens (tertiary/aromatic N) is 1. The van der Waals surface area contributed by atoms with Crippen LogP contribution in [0.3, 0.4) is 0 Å². The largest absolute Gasteiger partial charge is 0.410 e. The fraction of sp³-hybridized carbons (Fsp3) is 0.286. The first-order valence-electron chi connectivity index (χ1n) is 3.14. The molecule has 3 heteroatoms. The summed E-state index contributed by atoms with van der Waals surface area (Å²) in [7, 11) is 0. The van der Waals surface area contributed by atoms with Crippen molar-refractivity contribution in [1.82, 2.24) is 4.73 Å². The summed E-state index contributed by atoms with van der Waals surface area (Å²) < 4.78 is 1.29. The second-order valence-corrected chi connectivity index (χ2v) is 2.15. The highest BCUT2D eigenvalue weighted by Crippen LogP contribution is 2.00. The average molecular weight is 136 g/mol. The van der Waals surface area contributed by atoms with E-state index in [-0.39, 0.29) is 5.56 Å². The lowest BCUT2D eigenvalue weighted by molar-refractivity contribution is 0.141. The van der Waals surface area contributed by atoms with Gasteiger partial charge in [-0.3, -0.25) is 4.79 Å². The first-order chi connectivity index (χ1) is 4.88. The standard InChI is InChI=1S/C7H6NO2/c9-7-3-1-2-6-4-5-10-8(6)7/h1-2H,4-5H2. The predicted octanol–water partition coefficient (Wildman–Crippen LogP) is -0.367. The minimum absolute atomic E-state index is 0.199. The Balaban J connectivity index is 2.70. The van der Waals surface area contributed by atoms with Gasteiger partial charge in [0.25, 0.3) is 5.56 Å². The molecule has 1 aliphatic rings. The zero-order chi connectivity index (χ0) is 6.97. The van der Waals surface area contributed by atoms with Crippen LogP contribution in [-0.2, 0) is 6.42 Å². The third kappa shape index (κ3) is 0.635. The topological polar surface area (TPSA) is 31.2 Å². The van der Waals surface area contributed by atoms with Crippen molar-refractivity contribution in [2.45, 2.75) is 6.42 Å². The van der Waals surface area contributed by atoms with Gasteiger partial charge in [-0.15, -0.1) is 4.73 Å². The lowest BCUT2D eigenvalue weighted by Crippen LogP contribution is -2.22. The monoisotopic (exact) mass is 136 g/mol. The van der Waals surface area contributed by atoms with E-state index in [9.17, 15) is 4.79 Å². The molecule has 3 nitrogen and oxygen atoms in total. The lowest BCUT2D eigenvalue weighted by atomic mass is 10.3. The van der Waals surface area contributed by atoms with E-state index in [1.165, 1.54) is 4.73 Å². The highest BCUT2D eigenvalue weighted by atomic mass is 16.7. The highest BCUT2D eigenvalue weighted by Gasteiger charge is 2.10. The molecule has 1 aliphatic heterocycles. The Labute approximate surface area is 57.8 Å². The fourth-order valence-electron chi connectivity index (χ4n) is 1.03. The molecule has 0 spiro atoms. The number of fused-ring (bicyclic) bond motifs is 1. The molecule has 0 unspecified atom stereocenters. The minimum Gasteiger partial charge on any atom is -0.410 e. The van der Waals surface area contributed by atoms with E-state index in [1.807, 2.05) is 6.07 Å². The molecule has 0 aliphatic carbocycles. The van der Waals surface area contributed by atoms with Gasteiger partial charge in [-0.05, 0) is 12.1 Å². The van der Waals surface area contributed by atoms with Crippen molar-refractivity contribution in [2.24, 2.45) is 0 Å². The van der Waals surface area contributed by atoms with Gasteiger partial charge in [-0.25, -0.2) is 0 Å². The SMILES string of the molecule is O=c1[c]ccc2n1OCC2. The van der Waals surface area contributed by atoms with E-state index in [2.05, 4.69) is 6.07 Å². The van der Waals surface area contributed by atoms with Crippen molar-refractivity contribution in [3.63, 3.8) is 0 Å². The normalized spacial score (nSPS) is 14.4. The van der Waals surface area contributed by atoms with Crippen LogP contribution in [0, 0.1) is 6.07 Å². The van der Waals surface area contributed by atoms with E-state index in [4.69, 9.17) is 4.84 Å². The van der Waals surface area contributed by atoms with Crippen LogP contribution in [0.15, 0.2) is 16.9 Å². The number of hydrogen-bond acceptors (Lipinski definition) is 2. The first-order valence-corrected chi connectivity index (χ1v) is 3.14. The number of rotatable bonds is 0. The van der Waals surface area contributed by atoms with Crippen LogP contribution >= 0.6 is 0 Å². The van der Waals surface area contributed by atoms with Crippen molar-refractivity contribution in [1.29, 1.82) is 0 Å². The molecular weight excluding hydrogens is 130 g/mol. The first kappa shape index (κ1) is 5.53. The lowest BCUT2D eigenvalue weighted by Gasteiger charge is -1.97. The fourth-order valence-corrected chi connectivity index (χ4v) is 1.03. The summed E-state index contributed by atoms with van der Waals surface area (Å²) in [6.45, 7) is 0.604. The molecule has 1 radical (unpaired) electrons. The molecule has 0 amide bonds. The molecule has 51 valence electrons. The van der Waals surface area contributed by atoms with E-state index in [0.717, 1.165) is 12.1 Å². The van der Waals surface area contributed by atoms with Crippen LogP contribution < -0.4 is 10.4 Å². The molecule has 0 atom stereocenters. The number of hydrogen-bond donors (Lipinski definition) is 0. The summed E-state index contributed by atoms with van der Waals surface area (Å²) >= 11 is 0. The molecule has 0 saturated carbocycles. The molecule has 1 aromatic rings. The van der Waals surface area contributed by atoms with E-state index < -0.39 is 0 Å². The van der Waals surface area contributed by atoms with Gasteiger partial charge >= 0.3 is 0 Å². The Kier molecular flexibility index (Phi) is 1.03. The maximum atomic E-state index is 10.9. The van der Waals surface area contributed by atoms with E-state index >= 15 is 0 Å². The Morgan fingerprint density at radius 1 is 1.70 bits per heavy atom. The summed E-state index contributed by atoms with van der Waals surface area (Å²) in [5.74, 6) is 0. The number of aromatic nitrogens is 1. The molecule has 0 saturated heterocycles. The second kappa shape index (κ2) is 1.87. The van der Waals surface area contributed by atoms with Crippen LogP contribution in [0.5, 0.6) is 0 Å². The van der Waals surface area contributed by atoms with Gasteiger partial charge in [0.1, 0.15) is 6.61 Å². The third-order valence-corrected chi connectivity index (χ3v) is 1.51. The molecule has 0 bridgehead atoms. The van der Waals surface area contributed by atoms with Crippen molar-refractivity contribution in [3.8, 4) is 0 Å². The Bertz CT molecular complexity index is 303. The van der Waals surface area contributed by atoms with Gasteiger partial charge in [-0.2, -0.15) is 0 Å². The van der Waals surface area contributed by atoms with Crippen molar-refractivity contribution < 1.29 is 4.84 Å². The molecule has 10 heavy (non-hydrogen) atoms. The Hall–Kier alpha value is -1.25. The predicted molar refractivity (Wildman–Crippen MR) is 34.7 cm³/mol. The summed E-state index contributed by atoms with van der Waals surface area (Å²) in [6.07, 6.45) is 0.823. The third-order valence-electron chi connectivity index (χ3n) is 1.51. The van der Waals surface area contributed by atoms with Gasteiger partial charge in [0.2, 0.25) is 0 Å². The highest BCUT2D eigenvalue weighted by molar-refractivity contribution is 5.06. The summed E-state index contributed by atoms with van der Waals surface area (Å²) in [5.41, 5.74) is 0.735. The molecule has 1 aromatic heterocycles. The van der Waals surface area contributed by atoms with Gasteiger partial charge in [0.05, 0.1) is 11.8 Å². The van der Waals surface area contributed by atoms with Crippen molar-refractivity contribution in [2.75, 3.05) is 6.61 Å². The van der Waals surface area contributed by atoms with Gasteiger partial charge in [0.15, 0.2) is 0 Å². The van der Waals surface area contributed by atoms with Crippen LogP contribution in [0.4, 0.5) is 0 Å². The Morgan fingerprint density at radius 3 is 3.40 bits per heavy atom. The maximum Gasteiger partial charge on any atom is 0.291 e. The van der Waals surface area contributed by atoms with Crippen molar-refractivity contribution in [3.05, 3.63) is 34.2 Å². The zero-order valence-corrected chi connectivity index (χ0v) is 5.33. The molecule has 2 rings (SSSR count). The number of pyridine rings is 1.